The number of hydrogen-bond donors (Lipinski definition) is 1. The van der Waals surface area contributed by atoms with E-state index in [9.17, 15) is 22.4 Å². The van der Waals surface area contributed by atoms with Crippen molar-refractivity contribution >= 4 is 23.3 Å². The van der Waals surface area contributed by atoms with Gasteiger partial charge in [-0.05, 0) is 42.3 Å². The van der Waals surface area contributed by atoms with Crippen LogP contribution in [0.4, 0.5) is 28.0 Å². The lowest BCUT2D eigenvalue weighted by atomic mass is 9.77. The molecule has 0 spiro atoms. The first-order valence-corrected chi connectivity index (χ1v) is 8.26. The summed E-state index contributed by atoms with van der Waals surface area (Å²) in [4.78, 5) is 13.2. The van der Waals surface area contributed by atoms with E-state index in [1.807, 2.05) is 0 Å². The third-order valence-electron chi connectivity index (χ3n) is 4.53. The largest absolute Gasteiger partial charge is 0.406 e. The quantitative estimate of drug-likeness (QED) is 0.690. The Bertz CT molecular complexity index is 855. The molecule has 1 heterocycles. The zero-order chi connectivity index (χ0) is 19.1. The summed E-state index contributed by atoms with van der Waals surface area (Å²) in [6, 6.07) is 8.94. The zero-order valence-electron chi connectivity index (χ0n) is 13.7. The van der Waals surface area contributed by atoms with Crippen molar-refractivity contribution in [3.63, 3.8) is 0 Å². The minimum absolute atomic E-state index is 0.104. The van der Waals surface area contributed by atoms with E-state index in [1.54, 1.807) is 6.92 Å². The highest BCUT2D eigenvalue weighted by Crippen LogP contribution is 2.47. The number of fused-ring (bicyclic) bond motifs is 1. The van der Waals surface area contributed by atoms with Crippen LogP contribution in [0.2, 0.25) is 5.02 Å². The number of nitrogens with zero attached hydrogens (tertiary/aromatic N) is 1. The van der Waals surface area contributed by atoms with Gasteiger partial charge in [0.25, 0.3) is 0 Å². The summed E-state index contributed by atoms with van der Waals surface area (Å²) in [5.74, 6) is -0.600. The van der Waals surface area contributed by atoms with Crippen molar-refractivity contribution < 1.29 is 22.4 Å². The van der Waals surface area contributed by atoms with E-state index in [4.69, 9.17) is 11.6 Å². The Morgan fingerprint density at radius 2 is 1.92 bits per heavy atom. The summed E-state index contributed by atoms with van der Waals surface area (Å²) >= 11 is 6.07. The molecule has 0 radical (unpaired) electrons. The third-order valence-corrected chi connectivity index (χ3v) is 4.76. The number of halogens is 5. The molecule has 0 aliphatic carbocycles. The van der Waals surface area contributed by atoms with Crippen molar-refractivity contribution in [1.82, 2.24) is 4.90 Å². The lowest BCUT2D eigenvalue weighted by molar-refractivity contribution is -0.148. The SMILES string of the molecule is CCC1(c2cccc(F)c2)c2cc(Cl)ccc2NC(=O)N1CC(F)(F)F. The van der Waals surface area contributed by atoms with Gasteiger partial charge in [-0.2, -0.15) is 13.2 Å². The molecular formula is C18H15ClF4N2O. The Morgan fingerprint density at radius 3 is 2.54 bits per heavy atom. The average Bonchev–Trinajstić information content (AvgIpc) is 2.55. The van der Waals surface area contributed by atoms with Gasteiger partial charge in [0.05, 0.1) is 5.54 Å². The van der Waals surface area contributed by atoms with Gasteiger partial charge in [-0.3, -0.25) is 0 Å². The number of hydrogen-bond acceptors (Lipinski definition) is 1. The van der Waals surface area contributed by atoms with E-state index < -0.39 is 30.1 Å². The highest BCUT2D eigenvalue weighted by atomic mass is 35.5. The molecule has 0 fully saturated rings. The molecule has 1 N–H and O–H groups in total. The molecule has 2 amide bonds. The standard InChI is InChI=1S/C18H15ClF4N2O/c1-2-17(11-4-3-5-13(20)8-11)14-9-12(19)6-7-15(14)24-16(26)25(17)10-18(21,22)23/h3-9H,2,10H2,1H3,(H,24,26). The van der Waals surface area contributed by atoms with Gasteiger partial charge in [0.2, 0.25) is 0 Å². The highest BCUT2D eigenvalue weighted by molar-refractivity contribution is 6.30. The second-order valence-electron chi connectivity index (χ2n) is 6.05. The first-order chi connectivity index (χ1) is 12.2. The zero-order valence-corrected chi connectivity index (χ0v) is 14.5. The van der Waals surface area contributed by atoms with Crippen LogP contribution in [0.15, 0.2) is 42.5 Å². The molecule has 1 aliphatic rings. The summed E-state index contributed by atoms with van der Waals surface area (Å²) < 4.78 is 53.5. The molecule has 8 heteroatoms. The van der Waals surface area contributed by atoms with Crippen LogP contribution in [0.1, 0.15) is 24.5 Å². The Kier molecular flexibility index (Phi) is 4.60. The fourth-order valence-electron chi connectivity index (χ4n) is 3.50. The Balaban J connectivity index is 2.32. The van der Waals surface area contributed by atoms with Gasteiger partial charge in [-0.25, -0.2) is 9.18 Å². The number of nitrogens with one attached hydrogen (secondary N) is 1. The van der Waals surface area contributed by atoms with Gasteiger partial charge >= 0.3 is 12.2 Å². The lowest BCUT2D eigenvalue weighted by Gasteiger charge is -2.48. The first-order valence-electron chi connectivity index (χ1n) is 7.89. The van der Waals surface area contributed by atoms with Gasteiger partial charge in [0.15, 0.2) is 0 Å². The number of urea groups is 1. The van der Waals surface area contributed by atoms with E-state index in [0.717, 1.165) is 6.07 Å². The minimum atomic E-state index is -4.62. The molecule has 2 aromatic rings. The number of carbonyl (C=O) groups excluding carboxylic acids is 1. The van der Waals surface area contributed by atoms with E-state index in [1.165, 1.54) is 36.4 Å². The number of alkyl halides is 3. The normalized spacial score (nSPS) is 19.9. The van der Waals surface area contributed by atoms with Gasteiger partial charge in [-0.1, -0.05) is 30.7 Å². The van der Waals surface area contributed by atoms with Crippen molar-refractivity contribution in [2.24, 2.45) is 0 Å². The molecule has 0 saturated carbocycles. The molecule has 26 heavy (non-hydrogen) atoms. The molecule has 3 nitrogen and oxygen atoms in total. The summed E-state index contributed by atoms with van der Waals surface area (Å²) in [6.45, 7) is 0.173. The van der Waals surface area contributed by atoms with Gasteiger partial charge in [0, 0.05) is 16.3 Å². The summed E-state index contributed by atoms with van der Waals surface area (Å²) in [7, 11) is 0. The molecule has 1 unspecified atom stereocenters. The van der Waals surface area contributed by atoms with Crippen LogP contribution in [0.3, 0.4) is 0 Å². The monoisotopic (exact) mass is 386 g/mol. The second kappa shape index (κ2) is 6.46. The van der Waals surface area contributed by atoms with E-state index in [2.05, 4.69) is 5.32 Å². The van der Waals surface area contributed by atoms with Crippen LogP contribution in [-0.4, -0.2) is 23.7 Å². The highest BCUT2D eigenvalue weighted by Gasteiger charge is 2.50. The predicted molar refractivity (Wildman–Crippen MR) is 90.7 cm³/mol. The predicted octanol–water partition coefficient (Wildman–Crippen LogP) is 5.54. The molecule has 0 saturated heterocycles. The number of benzene rings is 2. The Morgan fingerprint density at radius 1 is 1.19 bits per heavy atom. The molecule has 1 aliphatic heterocycles. The maximum absolute atomic E-state index is 13.9. The van der Waals surface area contributed by atoms with Crippen LogP contribution in [0.5, 0.6) is 0 Å². The maximum Gasteiger partial charge on any atom is 0.406 e. The van der Waals surface area contributed by atoms with E-state index >= 15 is 0 Å². The molecule has 3 rings (SSSR count). The third kappa shape index (κ3) is 3.11. The first kappa shape index (κ1) is 18.5. The minimum Gasteiger partial charge on any atom is -0.307 e. The van der Waals surface area contributed by atoms with Gasteiger partial charge < -0.3 is 10.2 Å². The topological polar surface area (TPSA) is 32.3 Å². The number of amides is 2. The van der Waals surface area contributed by atoms with Crippen molar-refractivity contribution in [1.29, 1.82) is 0 Å². The Hall–Kier alpha value is -2.28. The fourth-order valence-corrected chi connectivity index (χ4v) is 3.67. The van der Waals surface area contributed by atoms with Gasteiger partial charge in [-0.15, -0.1) is 0 Å². The fraction of sp³-hybridized carbons (Fsp3) is 0.278. The summed E-state index contributed by atoms with van der Waals surface area (Å²) in [5, 5.41) is 2.77. The van der Waals surface area contributed by atoms with Crippen molar-refractivity contribution in [3.05, 3.63) is 64.4 Å². The number of anilines is 1. The van der Waals surface area contributed by atoms with Crippen molar-refractivity contribution in [2.75, 3.05) is 11.9 Å². The molecule has 1 atom stereocenters. The molecule has 0 aromatic heterocycles. The number of carbonyl (C=O) groups is 1. The van der Waals surface area contributed by atoms with Crippen molar-refractivity contribution in [2.45, 2.75) is 25.1 Å². The second-order valence-corrected chi connectivity index (χ2v) is 6.48. The van der Waals surface area contributed by atoms with Crippen LogP contribution in [-0.2, 0) is 5.54 Å². The van der Waals surface area contributed by atoms with Gasteiger partial charge in [0.1, 0.15) is 12.4 Å². The van der Waals surface area contributed by atoms with Crippen LogP contribution in [0, 0.1) is 5.82 Å². The van der Waals surface area contributed by atoms with Crippen LogP contribution < -0.4 is 5.32 Å². The smallest absolute Gasteiger partial charge is 0.307 e. The maximum atomic E-state index is 13.9. The summed E-state index contributed by atoms with van der Waals surface area (Å²) in [5.41, 5.74) is -0.506. The van der Waals surface area contributed by atoms with E-state index in [0.29, 0.717) is 21.2 Å². The van der Waals surface area contributed by atoms with Crippen LogP contribution >= 0.6 is 11.6 Å². The summed E-state index contributed by atoms with van der Waals surface area (Å²) in [6.07, 6.45) is -4.52. The Labute approximate surface area is 152 Å². The lowest BCUT2D eigenvalue weighted by Crippen LogP contribution is -2.57. The molecule has 138 valence electrons. The molecule has 0 bridgehead atoms. The number of rotatable bonds is 3. The van der Waals surface area contributed by atoms with E-state index in [-0.39, 0.29) is 12.0 Å². The van der Waals surface area contributed by atoms with Crippen molar-refractivity contribution in [3.8, 4) is 0 Å². The van der Waals surface area contributed by atoms with Crippen LogP contribution in [0.25, 0.3) is 0 Å². The molecule has 2 aromatic carbocycles. The average molecular weight is 387 g/mol. The molecular weight excluding hydrogens is 372 g/mol.